The first-order chi connectivity index (χ1) is 18.6. The van der Waals surface area contributed by atoms with Crippen LogP contribution in [0, 0.1) is 5.41 Å². The van der Waals surface area contributed by atoms with Gasteiger partial charge in [0.25, 0.3) is 5.91 Å². The standard InChI is InChI=1S/C31H41N3O5/c1-5-19-34(29(37)39-30(2,3)4)32-27(35)26-13-11-24(12-14-26)25-15-17-31(18-16-25)21-33(22-31)28(36)38-20-23-9-7-6-8-10-23/h6-14,25H,5,15-22H2,1-4H3,(H,32,35). The number of nitrogens with one attached hydrogen (secondary N) is 1. The Bertz CT molecular complexity index is 1130. The summed E-state index contributed by atoms with van der Waals surface area (Å²) in [7, 11) is 0. The fourth-order valence-corrected chi connectivity index (χ4v) is 5.41. The Morgan fingerprint density at radius 1 is 1.00 bits per heavy atom. The lowest BCUT2D eigenvalue weighted by atomic mass is 9.65. The smallest absolute Gasteiger partial charge is 0.429 e. The molecule has 1 saturated heterocycles. The largest absolute Gasteiger partial charge is 0.445 e. The molecule has 2 aliphatic rings. The van der Waals surface area contributed by atoms with Crippen LogP contribution in [-0.2, 0) is 16.1 Å². The van der Waals surface area contributed by atoms with Crippen molar-refractivity contribution in [3.63, 3.8) is 0 Å². The van der Waals surface area contributed by atoms with Crippen LogP contribution in [0.3, 0.4) is 0 Å². The number of benzene rings is 2. The summed E-state index contributed by atoms with van der Waals surface area (Å²) < 4.78 is 10.9. The zero-order chi connectivity index (χ0) is 28.0. The second kappa shape index (κ2) is 12.1. The van der Waals surface area contributed by atoms with Crippen LogP contribution in [0.2, 0.25) is 0 Å². The van der Waals surface area contributed by atoms with Crippen LogP contribution in [0.1, 0.15) is 87.2 Å². The molecule has 0 aromatic heterocycles. The van der Waals surface area contributed by atoms with Crippen LogP contribution < -0.4 is 5.43 Å². The Labute approximate surface area is 231 Å². The molecule has 1 N–H and O–H groups in total. The summed E-state index contributed by atoms with van der Waals surface area (Å²) in [5.41, 5.74) is 4.96. The maximum absolute atomic E-state index is 12.8. The zero-order valence-corrected chi connectivity index (χ0v) is 23.6. The van der Waals surface area contributed by atoms with Gasteiger partial charge >= 0.3 is 12.2 Å². The molecule has 3 amide bonds. The average molecular weight is 536 g/mol. The molecule has 1 spiro atoms. The molecule has 8 nitrogen and oxygen atoms in total. The van der Waals surface area contributed by atoms with E-state index in [1.165, 1.54) is 10.6 Å². The molecule has 4 rings (SSSR count). The van der Waals surface area contributed by atoms with Crippen molar-refractivity contribution in [1.82, 2.24) is 15.3 Å². The normalized spacial score (nSPS) is 16.8. The van der Waals surface area contributed by atoms with Gasteiger partial charge in [-0.25, -0.2) is 14.6 Å². The Morgan fingerprint density at radius 2 is 1.64 bits per heavy atom. The van der Waals surface area contributed by atoms with Crippen molar-refractivity contribution < 1.29 is 23.9 Å². The zero-order valence-electron chi connectivity index (χ0n) is 23.6. The third kappa shape index (κ3) is 7.52. The van der Waals surface area contributed by atoms with Crippen molar-refractivity contribution in [2.45, 2.75) is 77.9 Å². The lowest BCUT2D eigenvalue weighted by molar-refractivity contribution is -0.0303. The van der Waals surface area contributed by atoms with Gasteiger partial charge in [0.1, 0.15) is 12.2 Å². The van der Waals surface area contributed by atoms with Crippen molar-refractivity contribution in [3.05, 3.63) is 71.3 Å². The van der Waals surface area contributed by atoms with Gasteiger partial charge in [-0.15, -0.1) is 0 Å². The lowest BCUT2D eigenvalue weighted by Gasteiger charge is -2.52. The van der Waals surface area contributed by atoms with Crippen molar-refractivity contribution in [2.75, 3.05) is 19.6 Å². The molecule has 1 aliphatic heterocycles. The fraction of sp³-hybridized carbons (Fsp3) is 0.516. The first kappa shape index (κ1) is 28.5. The number of ether oxygens (including phenoxy) is 2. The average Bonchev–Trinajstić information content (AvgIpc) is 2.90. The van der Waals surface area contributed by atoms with E-state index in [1.54, 1.807) is 20.8 Å². The molecular formula is C31H41N3O5. The van der Waals surface area contributed by atoms with Crippen LogP contribution in [0.5, 0.6) is 0 Å². The summed E-state index contributed by atoms with van der Waals surface area (Å²) in [6.07, 6.45) is 4.15. The number of likely N-dealkylation sites (tertiary alicyclic amines) is 1. The van der Waals surface area contributed by atoms with Gasteiger partial charge in [0.2, 0.25) is 0 Å². The van der Waals surface area contributed by atoms with E-state index < -0.39 is 11.7 Å². The quantitative estimate of drug-likeness (QED) is 0.440. The van der Waals surface area contributed by atoms with Gasteiger partial charge in [0, 0.05) is 30.6 Å². The van der Waals surface area contributed by atoms with E-state index in [4.69, 9.17) is 9.47 Å². The van der Waals surface area contributed by atoms with Crippen LogP contribution in [0.15, 0.2) is 54.6 Å². The molecule has 1 aliphatic carbocycles. The van der Waals surface area contributed by atoms with E-state index in [2.05, 4.69) is 5.43 Å². The number of carbonyl (C=O) groups excluding carboxylic acids is 3. The Kier molecular flexibility index (Phi) is 8.83. The SMILES string of the molecule is CCCN(NC(=O)c1ccc(C2CCC3(CC2)CN(C(=O)OCc2ccccc2)C3)cc1)C(=O)OC(C)(C)C. The summed E-state index contributed by atoms with van der Waals surface area (Å²) in [6.45, 7) is 9.52. The molecule has 0 unspecified atom stereocenters. The lowest BCUT2D eigenvalue weighted by Crippen LogP contribution is -2.59. The minimum atomic E-state index is -0.641. The highest BCUT2D eigenvalue weighted by Crippen LogP contribution is 2.48. The molecule has 210 valence electrons. The number of hydrogen-bond donors (Lipinski definition) is 1. The van der Waals surface area contributed by atoms with Crippen LogP contribution in [-0.4, -0.2) is 53.2 Å². The molecular weight excluding hydrogens is 494 g/mol. The van der Waals surface area contributed by atoms with Crippen LogP contribution in [0.25, 0.3) is 0 Å². The van der Waals surface area contributed by atoms with Crippen molar-refractivity contribution in [1.29, 1.82) is 0 Å². The summed E-state index contributed by atoms with van der Waals surface area (Å²) in [5.74, 6) is 0.0994. The monoisotopic (exact) mass is 535 g/mol. The van der Waals surface area contributed by atoms with Crippen LogP contribution >= 0.6 is 0 Å². The van der Waals surface area contributed by atoms with E-state index >= 15 is 0 Å². The highest BCUT2D eigenvalue weighted by molar-refractivity contribution is 5.95. The highest BCUT2D eigenvalue weighted by atomic mass is 16.6. The predicted molar refractivity (Wildman–Crippen MR) is 149 cm³/mol. The molecule has 0 radical (unpaired) electrons. The number of hydrazine groups is 1. The molecule has 0 bridgehead atoms. The van der Waals surface area contributed by atoms with E-state index in [1.807, 2.05) is 66.4 Å². The van der Waals surface area contributed by atoms with Gasteiger partial charge in [-0.2, -0.15) is 0 Å². The second-order valence-electron chi connectivity index (χ2n) is 11.9. The summed E-state index contributed by atoms with van der Waals surface area (Å²) in [4.78, 5) is 39.6. The first-order valence-corrected chi connectivity index (χ1v) is 13.9. The molecule has 1 heterocycles. The fourth-order valence-electron chi connectivity index (χ4n) is 5.41. The molecule has 39 heavy (non-hydrogen) atoms. The van der Waals surface area contributed by atoms with Gasteiger partial charge in [-0.3, -0.25) is 10.2 Å². The molecule has 0 atom stereocenters. The number of amides is 3. The van der Waals surface area contributed by atoms with Crippen molar-refractivity contribution >= 4 is 18.1 Å². The minimum Gasteiger partial charge on any atom is -0.445 e. The molecule has 2 aromatic carbocycles. The third-order valence-corrected chi connectivity index (χ3v) is 7.50. The molecule has 8 heteroatoms. The van der Waals surface area contributed by atoms with E-state index in [0.717, 1.165) is 44.3 Å². The summed E-state index contributed by atoms with van der Waals surface area (Å²) in [6, 6.07) is 17.4. The molecule has 2 fully saturated rings. The van der Waals surface area contributed by atoms with Crippen LogP contribution in [0.4, 0.5) is 9.59 Å². The van der Waals surface area contributed by atoms with Gasteiger partial charge < -0.3 is 14.4 Å². The maximum Gasteiger partial charge on any atom is 0.429 e. The maximum atomic E-state index is 12.8. The van der Waals surface area contributed by atoms with Gasteiger partial charge in [-0.1, -0.05) is 49.4 Å². The van der Waals surface area contributed by atoms with Gasteiger partial charge in [0.05, 0.1) is 0 Å². The number of carbonyl (C=O) groups is 3. The Balaban J connectivity index is 1.24. The van der Waals surface area contributed by atoms with E-state index in [0.29, 0.717) is 31.1 Å². The van der Waals surface area contributed by atoms with Crippen molar-refractivity contribution in [2.24, 2.45) is 5.41 Å². The van der Waals surface area contributed by atoms with Gasteiger partial charge in [0.15, 0.2) is 0 Å². The van der Waals surface area contributed by atoms with Crippen molar-refractivity contribution in [3.8, 4) is 0 Å². The minimum absolute atomic E-state index is 0.201. The summed E-state index contributed by atoms with van der Waals surface area (Å²) >= 11 is 0. The molecule has 2 aromatic rings. The number of rotatable bonds is 6. The van der Waals surface area contributed by atoms with E-state index in [-0.39, 0.29) is 17.4 Å². The first-order valence-electron chi connectivity index (χ1n) is 13.9. The third-order valence-electron chi connectivity index (χ3n) is 7.50. The summed E-state index contributed by atoms with van der Waals surface area (Å²) in [5, 5.41) is 1.24. The topological polar surface area (TPSA) is 88.2 Å². The molecule has 1 saturated carbocycles. The Hall–Kier alpha value is -3.55. The number of nitrogens with zero attached hydrogens (tertiary/aromatic N) is 2. The van der Waals surface area contributed by atoms with E-state index in [9.17, 15) is 14.4 Å². The highest BCUT2D eigenvalue weighted by Gasteiger charge is 2.47. The number of hydrogen-bond acceptors (Lipinski definition) is 5. The predicted octanol–water partition coefficient (Wildman–Crippen LogP) is 6.27. The van der Waals surface area contributed by atoms with Gasteiger partial charge in [-0.05, 0) is 82.1 Å². The Morgan fingerprint density at radius 3 is 2.23 bits per heavy atom. The second-order valence-corrected chi connectivity index (χ2v) is 11.9.